The number of aromatic hydroxyl groups is 1. The van der Waals surface area contributed by atoms with E-state index in [9.17, 15) is 18.0 Å². The van der Waals surface area contributed by atoms with Crippen LogP contribution in [0.2, 0.25) is 0 Å². The number of phenols is 1. The summed E-state index contributed by atoms with van der Waals surface area (Å²) in [5.74, 6) is -2.52. The highest BCUT2D eigenvalue weighted by Gasteiger charge is 2.15. The SMILES string of the molecule is O.O=C(O)CNc1ccc(O)cc1.O=C(O)c1ccccc1OS(=O)(=O)O. The van der Waals surface area contributed by atoms with E-state index in [1.807, 2.05) is 0 Å². The fraction of sp³-hybridized carbons (Fsp3) is 0.0667. The molecule has 148 valence electrons. The summed E-state index contributed by atoms with van der Waals surface area (Å²) in [7, 11) is -4.70. The van der Waals surface area contributed by atoms with Crippen LogP contribution in [-0.2, 0) is 15.2 Å². The first kappa shape index (κ1) is 23.6. The molecule has 27 heavy (non-hydrogen) atoms. The number of hydrogen-bond donors (Lipinski definition) is 5. The normalized spacial score (nSPS) is 9.81. The number of carboxylic acids is 2. The maximum Gasteiger partial charge on any atom is 0.446 e. The minimum Gasteiger partial charge on any atom is -0.508 e. The van der Waals surface area contributed by atoms with Gasteiger partial charge >= 0.3 is 22.3 Å². The second-order valence-electron chi connectivity index (χ2n) is 4.61. The Morgan fingerprint density at radius 3 is 2.04 bits per heavy atom. The Hall–Kier alpha value is -3.35. The molecule has 0 aliphatic carbocycles. The fourth-order valence-corrected chi connectivity index (χ4v) is 1.96. The quantitative estimate of drug-likeness (QED) is 0.336. The Bertz CT molecular complexity index is 864. The molecule has 2 rings (SSSR count). The van der Waals surface area contributed by atoms with Crippen molar-refractivity contribution in [1.82, 2.24) is 0 Å². The molecule has 0 spiro atoms. The molecule has 0 fully saturated rings. The highest BCUT2D eigenvalue weighted by molar-refractivity contribution is 7.81. The number of benzene rings is 2. The summed E-state index contributed by atoms with van der Waals surface area (Å²) in [5, 5.41) is 28.5. The summed E-state index contributed by atoms with van der Waals surface area (Å²) in [4.78, 5) is 20.7. The van der Waals surface area contributed by atoms with Crippen molar-refractivity contribution < 1.29 is 47.5 Å². The fourth-order valence-electron chi connectivity index (χ4n) is 1.59. The molecule has 0 radical (unpaired) electrons. The second-order valence-corrected chi connectivity index (χ2v) is 5.63. The third kappa shape index (κ3) is 9.64. The van der Waals surface area contributed by atoms with E-state index in [-0.39, 0.29) is 23.3 Å². The molecule has 0 amide bonds. The minimum absolute atomic E-state index is 0. The van der Waals surface area contributed by atoms with Gasteiger partial charge in [-0.05, 0) is 36.4 Å². The van der Waals surface area contributed by atoms with Crippen molar-refractivity contribution in [3.05, 3.63) is 54.1 Å². The molecule has 2 aromatic rings. The van der Waals surface area contributed by atoms with E-state index in [1.165, 1.54) is 24.3 Å². The molecule has 0 saturated heterocycles. The van der Waals surface area contributed by atoms with Gasteiger partial charge in [0.05, 0.1) is 0 Å². The number of phenolic OH excluding ortho intramolecular Hbond substituents is 1. The monoisotopic (exact) mass is 403 g/mol. The van der Waals surface area contributed by atoms with Crippen molar-refractivity contribution in [2.45, 2.75) is 0 Å². The zero-order chi connectivity index (χ0) is 19.7. The number of carbonyl (C=O) groups is 2. The molecule has 0 atom stereocenters. The Morgan fingerprint density at radius 1 is 1.00 bits per heavy atom. The number of para-hydroxylation sites is 1. The van der Waals surface area contributed by atoms with Gasteiger partial charge in [0.1, 0.15) is 17.9 Å². The molecule has 0 aliphatic rings. The molecule has 2 aromatic carbocycles. The average molecular weight is 403 g/mol. The van der Waals surface area contributed by atoms with E-state index in [0.717, 1.165) is 12.1 Å². The Balaban J connectivity index is 0.000000488. The first-order valence-electron chi connectivity index (χ1n) is 6.82. The molecule has 0 aromatic heterocycles. The molecule has 0 saturated carbocycles. The van der Waals surface area contributed by atoms with E-state index in [4.69, 9.17) is 19.9 Å². The van der Waals surface area contributed by atoms with Gasteiger partial charge in [-0.15, -0.1) is 0 Å². The van der Waals surface area contributed by atoms with Crippen LogP contribution in [0.5, 0.6) is 11.5 Å². The van der Waals surface area contributed by atoms with Crippen LogP contribution in [0.4, 0.5) is 5.69 Å². The zero-order valence-electron chi connectivity index (χ0n) is 13.6. The van der Waals surface area contributed by atoms with Crippen LogP contribution in [0, 0.1) is 0 Å². The number of hydrogen-bond acceptors (Lipinski definition) is 7. The molecule has 12 heteroatoms. The van der Waals surface area contributed by atoms with Gasteiger partial charge in [-0.25, -0.2) is 4.79 Å². The van der Waals surface area contributed by atoms with Crippen LogP contribution in [0.3, 0.4) is 0 Å². The Kier molecular flexibility index (Phi) is 9.28. The first-order valence-corrected chi connectivity index (χ1v) is 8.19. The molecular formula is C15H17NO10S. The molecule has 0 bridgehead atoms. The summed E-state index contributed by atoms with van der Waals surface area (Å²) in [6, 6.07) is 11.3. The van der Waals surface area contributed by atoms with Gasteiger partial charge in [0.25, 0.3) is 0 Å². The lowest BCUT2D eigenvalue weighted by Crippen LogP contribution is -2.11. The highest BCUT2D eigenvalue weighted by Crippen LogP contribution is 2.19. The van der Waals surface area contributed by atoms with Crippen molar-refractivity contribution in [3.63, 3.8) is 0 Å². The zero-order valence-corrected chi connectivity index (χ0v) is 14.4. The van der Waals surface area contributed by atoms with Crippen LogP contribution in [0.15, 0.2) is 48.5 Å². The summed E-state index contributed by atoms with van der Waals surface area (Å²) >= 11 is 0. The van der Waals surface area contributed by atoms with E-state index < -0.39 is 28.1 Å². The lowest BCUT2D eigenvalue weighted by atomic mass is 10.2. The highest BCUT2D eigenvalue weighted by atomic mass is 32.3. The lowest BCUT2D eigenvalue weighted by Gasteiger charge is -2.03. The van der Waals surface area contributed by atoms with Crippen molar-refractivity contribution in [1.29, 1.82) is 0 Å². The van der Waals surface area contributed by atoms with Crippen molar-refractivity contribution in [2.24, 2.45) is 0 Å². The summed E-state index contributed by atoms with van der Waals surface area (Å²) in [6.45, 7) is -0.120. The number of nitrogens with one attached hydrogen (secondary N) is 1. The number of aliphatic carboxylic acids is 1. The van der Waals surface area contributed by atoms with Crippen LogP contribution in [0.1, 0.15) is 10.4 Å². The van der Waals surface area contributed by atoms with Gasteiger partial charge in [0.15, 0.2) is 5.75 Å². The van der Waals surface area contributed by atoms with E-state index >= 15 is 0 Å². The van der Waals surface area contributed by atoms with E-state index in [0.29, 0.717) is 5.69 Å². The Labute approximate surface area is 153 Å². The number of anilines is 1. The largest absolute Gasteiger partial charge is 0.508 e. The van der Waals surface area contributed by atoms with Crippen LogP contribution < -0.4 is 9.50 Å². The molecule has 0 aliphatic heterocycles. The maximum atomic E-state index is 10.6. The third-order valence-corrected chi connectivity index (χ3v) is 3.01. The van der Waals surface area contributed by atoms with Crippen LogP contribution in [0.25, 0.3) is 0 Å². The summed E-state index contributed by atoms with van der Waals surface area (Å²) in [5.41, 5.74) is 0.334. The van der Waals surface area contributed by atoms with Gasteiger partial charge in [0, 0.05) is 5.69 Å². The lowest BCUT2D eigenvalue weighted by molar-refractivity contribution is -0.134. The van der Waals surface area contributed by atoms with Crippen molar-refractivity contribution in [2.75, 3.05) is 11.9 Å². The number of carboxylic acid groups (broad SMARTS) is 2. The smallest absolute Gasteiger partial charge is 0.446 e. The predicted octanol–water partition coefficient (Wildman–Crippen LogP) is 0.630. The first-order chi connectivity index (χ1) is 12.1. The van der Waals surface area contributed by atoms with Gasteiger partial charge in [-0.2, -0.15) is 8.42 Å². The van der Waals surface area contributed by atoms with Crippen molar-refractivity contribution >= 4 is 28.0 Å². The van der Waals surface area contributed by atoms with Crippen LogP contribution in [-0.4, -0.2) is 52.2 Å². The van der Waals surface area contributed by atoms with Crippen molar-refractivity contribution in [3.8, 4) is 11.5 Å². The van der Waals surface area contributed by atoms with E-state index in [1.54, 1.807) is 12.1 Å². The third-order valence-electron chi connectivity index (χ3n) is 2.62. The molecule has 7 N–H and O–H groups in total. The number of rotatable bonds is 6. The topological polar surface area (TPSA) is 202 Å². The number of aromatic carboxylic acids is 1. The van der Waals surface area contributed by atoms with Gasteiger partial charge in [-0.3, -0.25) is 9.35 Å². The summed E-state index contributed by atoms with van der Waals surface area (Å²) in [6.07, 6.45) is 0. The minimum atomic E-state index is -4.70. The Morgan fingerprint density at radius 2 is 1.56 bits per heavy atom. The van der Waals surface area contributed by atoms with Crippen LogP contribution >= 0.6 is 0 Å². The molecule has 11 nitrogen and oxygen atoms in total. The maximum absolute atomic E-state index is 10.6. The van der Waals surface area contributed by atoms with Gasteiger partial charge in [-0.1, -0.05) is 12.1 Å². The summed E-state index contributed by atoms with van der Waals surface area (Å²) < 4.78 is 33.0. The van der Waals surface area contributed by atoms with Gasteiger partial charge < -0.3 is 30.3 Å². The molecular weight excluding hydrogens is 386 g/mol. The van der Waals surface area contributed by atoms with Gasteiger partial charge in [0.2, 0.25) is 0 Å². The van der Waals surface area contributed by atoms with E-state index in [2.05, 4.69) is 9.50 Å². The molecule has 0 heterocycles. The predicted molar refractivity (Wildman–Crippen MR) is 93.4 cm³/mol. The molecule has 0 unspecified atom stereocenters. The average Bonchev–Trinajstić information content (AvgIpc) is 2.53. The second kappa shape index (κ2) is 10.6. The standard InChI is InChI=1S/C8H9NO3.C7H6O6S.H2O/c10-7-3-1-6(2-4-7)9-5-8(11)12;8-7(9)5-3-1-2-4-6(5)13-14(10,11)12;/h1-4,9-10H,5H2,(H,11,12);1-4H,(H,8,9)(H,10,11,12);1H2.